The fourth-order valence-electron chi connectivity index (χ4n) is 1.68. The van der Waals surface area contributed by atoms with Gasteiger partial charge in [0.2, 0.25) is 0 Å². The number of amidine groups is 1. The fourth-order valence-corrected chi connectivity index (χ4v) is 1.68. The van der Waals surface area contributed by atoms with Gasteiger partial charge < -0.3 is 15.2 Å². The van der Waals surface area contributed by atoms with E-state index in [9.17, 15) is 0 Å². The van der Waals surface area contributed by atoms with Crippen molar-refractivity contribution >= 4 is 5.84 Å². The van der Waals surface area contributed by atoms with Crippen molar-refractivity contribution in [1.29, 1.82) is 5.41 Å². The third-order valence-electron chi connectivity index (χ3n) is 2.68. The zero-order valence-electron chi connectivity index (χ0n) is 9.34. The fraction of sp³-hybridized carbons (Fsp3) is 0.909. The first kappa shape index (κ1) is 12.5. The van der Waals surface area contributed by atoms with E-state index in [4.69, 9.17) is 20.6 Å². The van der Waals surface area contributed by atoms with Gasteiger partial charge in [-0.15, -0.1) is 0 Å². The highest BCUT2D eigenvalue weighted by atomic mass is 16.5. The van der Waals surface area contributed by atoms with E-state index in [0.29, 0.717) is 12.3 Å². The van der Waals surface area contributed by atoms with Gasteiger partial charge in [0.15, 0.2) is 0 Å². The lowest BCUT2D eigenvalue weighted by Gasteiger charge is -2.21. The number of nitrogens with two attached hydrogens (primary N) is 1. The minimum atomic E-state index is 0.277. The Balaban J connectivity index is 1.85. The molecule has 1 fully saturated rings. The van der Waals surface area contributed by atoms with Crippen molar-refractivity contribution in [1.82, 2.24) is 0 Å². The van der Waals surface area contributed by atoms with Crippen LogP contribution < -0.4 is 5.73 Å². The summed E-state index contributed by atoms with van der Waals surface area (Å²) in [5.41, 5.74) is 5.25. The molecule has 0 aromatic rings. The van der Waals surface area contributed by atoms with E-state index < -0.39 is 0 Å². The molecule has 4 nitrogen and oxygen atoms in total. The van der Waals surface area contributed by atoms with Gasteiger partial charge in [0.25, 0.3) is 0 Å². The summed E-state index contributed by atoms with van der Waals surface area (Å²) in [5, 5.41) is 7.06. The largest absolute Gasteiger partial charge is 0.388 e. The Bertz CT molecular complexity index is 179. The molecule has 0 aromatic heterocycles. The summed E-state index contributed by atoms with van der Waals surface area (Å²) in [7, 11) is 0. The second-order valence-corrected chi connectivity index (χ2v) is 4.11. The van der Waals surface area contributed by atoms with Gasteiger partial charge in [0, 0.05) is 32.8 Å². The Morgan fingerprint density at radius 3 is 2.73 bits per heavy atom. The zero-order chi connectivity index (χ0) is 10.9. The van der Waals surface area contributed by atoms with Crippen molar-refractivity contribution in [3.05, 3.63) is 0 Å². The van der Waals surface area contributed by atoms with E-state index in [2.05, 4.69) is 0 Å². The van der Waals surface area contributed by atoms with Crippen LogP contribution in [0.4, 0.5) is 0 Å². The molecule has 0 aromatic carbocycles. The Kier molecular flexibility index (Phi) is 6.36. The normalized spacial score (nSPS) is 17.9. The van der Waals surface area contributed by atoms with Crippen molar-refractivity contribution < 1.29 is 9.47 Å². The number of ether oxygens (including phenoxy) is 2. The molecule has 4 heteroatoms. The van der Waals surface area contributed by atoms with Crippen LogP contribution in [0, 0.1) is 11.3 Å². The van der Waals surface area contributed by atoms with E-state index in [1.165, 1.54) is 0 Å². The predicted octanol–water partition coefficient (Wildman–Crippen LogP) is 1.54. The van der Waals surface area contributed by atoms with Crippen LogP contribution >= 0.6 is 0 Å². The summed E-state index contributed by atoms with van der Waals surface area (Å²) in [5.74, 6) is 0.964. The Hall–Kier alpha value is -0.610. The summed E-state index contributed by atoms with van der Waals surface area (Å²) in [6.45, 7) is 3.44. The van der Waals surface area contributed by atoms with Crippen molar-refractivity contribution in [3.8, 4) is 0 Å². The molecular formula is C11H22N2O2. The van der Waals surface area contributed by atoms with Gasteiger partial charge in [0.1, 0.15) is 0 Å². The summed E-state index contributed by atoms with van der Waals surface area (Å²) in [6.07, 6.45) is 4.92. The lowest BCUT2D eigenvalue weighted by molar-refractivity contribution is 0.0199. The summed E-state index contributed by atoms with van der Waals surface area (Å²) in [6, 6.07) is 0. The molecule has 0 bridgehead atoms. The van der Waals surface area contributed by atoms with E-state index in [-0.39, 0.29) is 5.84 Å². The summed E-state index contributed by atoms with van der Waals surface area (Å²) >= 11 is 0. The monoisotopic (exact) mass is 214 g/mol. The maximum Gasteiger partial charge on any atom is 0.0905 e. The second-order valence-electron chi connectivity index (χ2n) is 4.11. The first-order chi connectivity index (χ1) is 7.29. The Labute approximate surface area is 91.6 Å². The Morgan fingerprint density at radius 1 is 1.33 bits per heavy atom. The molecule has 1 heterocycles. The molecule has 3 N–H and O–H groups in total. The molecule has 0 spiro atoms. The predicted molar refractivity (Wildman–Crippen MR) is 60.1 cm³/mol. The van der Waals surface area contributed by atoms with Gasteiger partial charge in [-0.2, -0.15) is 0 Å². The highest BCUT2D eigenvalue weighted by Crippen LogP contribution is 2.14. The van der Waals surface area contributed by atoms with Crippen LogP contribution in [0.1, 0.15) is 32.1 Å². The van der Waals surface area contributed by atoms with Gasteiger partial charge in [-0.05, 0) is 31.6 Å². The van der Waals surface area contributed by atoms with Crippen molar-refractivity contribution in [2.24, 2.45) is 11.7 Å². The molecule has 1 rings (SSSR count). The standard InChI is InChI=1S/C11H22N2O2/c12-11(13)3-1-2-6-15-9-10-4-7-14-8-5-10/h10H,1-9H2,(H3,12,13). The summed E-state index contributed by atoms with van der Waals surface area (Å²) in [4.78, 5) is 0. The van der Waals surface area contributed by atoms with Crippen LogP contribution in [0.5, 0.6) is 0 Å². The first-order valence-electron chi connectivity index (χ1n) is 5.77. The van der Waals surface area contributed by atoms with Crippen molar-refractivity contribution in [3.63, 3.8) is 0 Å². The molecule has 1 aliphatic rings. The van der Waals surface area contributed by atoms with Crippen LogP contribution in [0.15, 0.2) is 0 Å². The third-order valence-corrected chi connectivity index (χ3v) is 2.68. The minimum Gasteiger partial charge on any atom is -0.388 e. The van der Waals surface area contributed by atoms with E-state index in [1.54, 1.807) is 0 Å². The first-order valence-corrected chi connectivity index (χ1v) is 5.77. The second kappa shape index (κ2) is 7.65. The minimum absolute atomic E-state index is 0.277. The smallest absolute Gasteiger partial charge is 0.0905 e. The molecule has 0 unspecified atom stereocenters. The van der Waals surface area contributed by atoms with Crippen LogP contribution in [0.2, 0.25) is 0 Å². The molecule has 15 heavy (non-hydrogen) atoms. The molecule has 0 amide bonds. The number of hydrogen-bond acceptors (Lipinski definition) is 3. The van der Waals surface area contributed by atoms with E-state index in [1.807, 2.05) is 0 Å². The lowest BCUT2D eigenvalue weighted by atomic mass is 10.0. The number of nitrogens with one attached hydrogen (secondary N) is 1. The average molecular weight is 214 g/mol. The maximum absolute atomic E-state index is 7.06. The van der Waals surface area contributed by atoms with Gasteiger partial charge >= 0.3 is 0 Å². The van der Waals surface area contributed by atoms with E-state index >= 15 is 0 Å². The van der Waals surface area contributed by atoms with Crippen LogP contribution in [0.3, 0.4) is 0 Å². The van der Waals surface area contributed by atoms with Gasteiger partial charge in [-0.1, -0.05) is 0 Å². The molecule has 1 aliphatic heterocycles. The number of hydrogen-bond donors (Lipinski definition) is 2. The zero-order valence-corrected chi connectivity index (χ0v) is 9.34. The lowest BCUT2D eigenvalue weighted by Crippen LogP contribution is -2.20. The van der Waals surface area contributed by atoms with Gasteiger partial charge in [-0.3, -0.25) is 5.41 Å². The van der Waals surface area contributed by atoms with Crippen LogP contribution in [-0.4, -0.2) is 32.3 Å². The molecule has 0 aliphatic carbocycles. The van der Waals surface area contributed by atoms with Crippen LogP contribution in [-0.2, 0) is 9.47 Å². The highest BCUT2D eigenvalue weighted by molar-refractivity contribution is 5.76. The molecular weight excluding hydrogens is 192 g/mol. The van der Waals surface area contributed by atoms with Gasteiger partial charge in [0.05, 0.1) is 5.84 Å². The molecule has 88 valence electrons. The van der Waals surface area contributed by atoms with Crippen molar-refractivity contribution in [2.75, 3.05) is 26.4 Å². The third kappa shape index (κ3) is 6.47. The average Bonchev–Trinajstić information content (AvgIpc) is 2.24. The molecule has 0 radical (unpaired) electrons. The SMILES string of the molecule is N=C(N)CCCCOCC1CCOCC1. The maximum atomic E-state index is 7.06. The molecule has 0 saturated carbocycles. The Morgan fingerprint density at radius 2 is 2.07 bits per heavy atom. The van der Waals surface area contributed by atoms with Crippen molar-refractivity contribution in [2.45, 2.75) is 32.1 Å². The molecule has 1 saturated heterocycles. The number of unbranched alkanes of at least 4 members (excludes halogenated alkanes) is 1. The quantitative estimate of drug-likeness (QED) is 0.384. The summed E-state index contributed by atoms with van der Waals surface area (Å²) < 4.78 is 10.9. The molecule has 0 atom stereocenters. The van der Waals surface area contributed by atoms with Crippen LogP contribution in [0.25, 0.3) is 0 Å². The van der Waals surface area contributed by atoms with Gasteiger partial charge in [-0.25, -0.2) is 0 Å². The number of rotatable bonds is 7. The van der Waals surface area contributed by atoms with E-state index in [0.717, 1.165) is 52.1 Å². The topological polar surface area (TPSA) is 68.3 Å². The highest BCUT2D eigenvalue weighted by Gasteiger charge is 2.13.